The Labute approximate surface area is 161 Å². The lowest BCUT2D eigenvalue weighted by Gasteiger charge is -2.33. The number of hydrogen-bond donors (Lipinski definition) is 1. The summed E-state index contributed by atoms with van der Waals surface area (Å²) < 4.78 is 28.2. The second kappa shape index (κ2) is 7.72. The van der Waals surface area contributed by atoms with E-state index in [0.717, 1.165) is 31.4 Å². The highest BCUT2D eigenvalue weighted by Crippen LogP contribution is 2.23. The second-order valence-corrected chi connectivity index (χ2v) is 8.95. The smallest absolute Gasteiger partial charge is 0.262 e. The van der Waals surface area contributed by atoms with Crippen LogP contribution in [0, 0.1) is 13.8 Å². The summed E-state index contributed by atoms with van der Waals surface area (Å²) in [5, 5.41) is 0. The molecule has 2 aromatic rings. The third kappa shape index (κ3) is 4.33. The van der Waals surface area contributed by atoms with Crippen LogP contribution in [0.25, 0.3) is 0 Å². The number of sulfonamides is 1. The van der Waals surface area contributed by atoms with Gasteiger partial charge < -0.3 is 4.90 Å². The number of likely N-dealkylation sites (tertiary alicyclic amines) is 1. The number of aryl methyl sites for hydroxylation is 2. The quantitative estimate of drug-likeness (QED) is 0.859. The Balaban J connectivity index is 1.85. The van der Waals surface area contributed by atoms with E-state index in [1.165, 1.54) is 0 Å². The van der Waals surface area contributed by atoms with Crippen molar-refractivity contribution in [1.82, 2.24) is 4.90 Å². The Bertz CT molecular complexity index is 954. The van der Waals surface area contributed by atoms with Gasteiger partial charge in [-0.2, -0.15) is 0 Å². The van der Waals surface area contributed by atoms with Crippen LogP contribution in [0.5, 0.6) is 0 Å². The van der Waals surface area contributed by atoms with Crippen molar-refractivity contribution < 1.29 is 13.2 Å². The van der Waals surface area contributed by atoms with Crippen LogP contribution in [-0.4, -0.2) is 31.8 Å². The Morgan fingerprint density at radius 3 is 2.63 bits per heavy atom. The van der Waals surface area contributed by atoms with Crippen molar-refractivity contribution in [3.63, 3.8) is 0 Å². The van der Waals surface area contributed by atoms with E-state index in [0.29, 0.717) is 16.8 Å². The highest BCUT2D eigenvalue weighted by molar-refractivity contribution is 7.92. The summed E-state index contributed by atoms with van der Waals surface area (Å²) in [5.41, 5.74) is 2.46. The summed E-state index contributed by atoms with van der Waals surface area (Å²) in [7, 11) is -3.72. The fraction of sp³-hybridized carbons (Fsp3) is 0.381. The first kappa shape index (κ1) is 19.4. The van der Waals surface area contributed by atoms with E-state index in [4.69, 9.17) is 0 Å². The highest BCUT2D eigenvalue weighted by Gasteiger charge is 2.25. The number of carbonyl (C=O) groups excluding carboxylic acids is 1. The largest absolute Gasteiger partial charge is 0.336 e. The third-order valence-corrected chi connectivity index (χ3v) is 6.58. The fourth-order valence-corrected chi connectivity index (χ4v) is 4.87. The molecule has 1 aliphatic rings. The Kier molecular flexibility index (Phi) is 5.56. The Morgan fingerprint density at radius 1 is 1.11 bits per heavy atom. The molecule has 27 heavy (non-hydrogen) atoms. The lowest BCUT2D eigenvalue weighted by molar-refractivity contribution is 0.0635. The second-order valence-electron chi connectivity index (χ2n) is 7.30. The van der Waals surface area contributed by atoms with Gasteiger partial charge in [0.15, 0.2) is 0 Å². The Morgan fingerprint density at radius 2 is 1.89 bits per heavy atom. The normalized spacial score (nSPS) is 17.6. The summed E-state index contributed by atoms with van der Waals surface area (Å²) in [4.78, 5) is 15.0. The van der Waals surface area contributed by atoms with Gasteiger partial charge in [-0.3, -0.25) is 9.52 Å². The van der Waals surface area contributed by atoms with E-state index in [1.807, 2.05) is 17.9 Å². The molecule has 1 heterocycles. The minimum absolute atomic E-state index is 0.0463. The lowest BCUT2D eigenvalue weighted by atomic mass is 10.0. The molecule has 2 aromatic carbocycles. The number of anilines is 1. The van der Waals surface area contributed by atoms with Crippen LogP contribution in [0.4, 0.5) is 5.69 Å². The monoisotopic (exact) mass is 386 g/mol. The fourth-order valence-electron chi connectivity index (χ4n) is 3.49. The van der Waals surface area contributed by atoms with E-state index >= 15 is 0 Å². The number of hydrogen-bond acceptors (Lipinski definition) is 3. The van der Waals surface area contributed by atoms with Gasteiger partial charge in [0, 0.05) is 23.8 Å². The molecule has 1 saturated heterocycles. The van der Waals surface area contributed by atoms with Crippen molar-refractivity contribution in [2.45, 2.75) is 51.0 Å². The summed E-state index contributed by atoms with van der Waals surface area (Å²) in [6.45, 7) is 6.44. The zero-order valence-corrected chi connectivity index (χ0v) is 16.8. The summed E-state index contributed by atoms with van der Waals surface area (Å²) in [5.74, 6) is -0.0463. The van der Waals surface area contributed by atoms with E-state index < -0.39 is 10.0 Å². The molecule has 3 rings (SSSR count). The SMILES string of the molecule is Cc1ccc(C)c(S(=O)(=O)Nc2cccc(C(=O)N3CCCC[C@@H]3C)c2)c1. The molecule has 0 spiro atoms. The maximum absolute atomic E-state index is 12.8. The number of nitrogens with zero attached hydrogens (tertiary/aromatic N) is 1. The van der Waals surface area contributed by atoms with Crippen molar-refractivity contribution in [2.75, 3.05) is 11.3 Å². The molecule has 0 bridgehead atoms. The van der Waals surface area contributed by atoms with E-state index in [2.05, 4.69) is 11.6 Å². The molecule has 1 N–H and O–H groups in total. The topological polar surface area (TPSA) is 66.5 Å². The standard InChI is InChI=1S/C21H26N2O3S/c1-15-10-11-16(2)20(13-15)27(25,26)22-19-9-6-8-18(14-19)21(24)23-12-5-4-7-17(23)3/h6,8-11,13-14,17,22H,4-5,7,12H2,1-3H3/t17-/m0/s1. The first-order valence-corrected chi connectivity index (χ1v) is 10.8. The van der Waals surface area contributed by atoms with Crippen LogP contribution >= 0.6 is 0 Å². The molecule has 0 saturated carbocycles. The van der Waals surface area contributed by atoms with Gasteiger partial charge in [-0.05, 0) is 75.4 Å². The maximum atomic E-state index is 12.8. The molecule has 1 fully saturated rings. The van der Waals surface area contributed by atoms with Crippen LogP contribution in [0.1, 0.15) is 47.7 Å². The molecular formula is C21H26N2O3S. The summed E-state index contributed by atoms with van der Waals surface area (Å²) in [6.07, 6.45) is 3.15. The molecule has 5 nitrogen and oxygen atoms in total. The van der Waals surface area contributed by atoms with E-state index in [1.54, 1.807) is 43.3 Å². The molecule has 0 aliphatic carbocycles. The number of rotatable bonds is 4. The minimum Gasteiger partial charge on any atom is -0.336 e. The van der Waals surface area contributed by atoms with Crippen molar-refractivity contribution >= 4 is 21.6 Å². The molecule has 1 atom stereocenters. The highest BCUT2D eigenvalue weighted by atomic mass is 32.2. The van der Waals surface area contributed by atoms with Crippen LogP contribution in [-0.2, 0) is 10.0 Å². The molecule has 0 radical (unpaired) electrons. The van der Waals surface area contributed by atoms with Gasteiger partial charge in [0.05, 0.1) is 4.90 Å². The molecule has 1 amide bonds. The minimum atomic E-state index is -3.72. The van der Waals surface area contributed by atoms with Gasteiger partial charge in [-0.15, -0.1) is 0 Å². The van der Waals surface area contributed by atoms with Crippen molar-refractivity contribution in [2.24, 2.45) is 0 Å². The predicted molar refractivity (Wildman–Crippen MR) is 108 cm³/mol. The number of piperidine rings is 1. The predicted octanol–water partition coefficient (Wildman–Crippen LogP) is 4.12. The van der Waals surface area contributed by atoms with Gasteiger partial charge in [0.25, 0.3) is 15.9 Å². The molecule has 1 aliphatic heterocycles. The van der Waals surface area contributed by atoms with Crippen LogP contribution < -0.4 is 4.72 Å². The van der Waals surface area contributed by atoms with Crippen LogP contribution in [0.15, 0.2) is 47.4 Å². The Hall–Kier alpha value is -2.34. The molecule has 144 valence electrons. The van der Waals surface area contributed by atoms with E-state index in [-0.39, 0.29) is 16.8 Å². The van der Waals surface area contributed by atoms with E-state index in [9.17, 15) is 13.2 Å². The van der Waals surface area contributed by atoms with Gasteiger partial charge in [0.1, 0.15) is 0 Å². The first-order chi connectivity index (χ1) is 12.8. The van der Waals surface area contributed by atoms with Gasteiger partial charge in [-0.1, -0.05) is 18.2 Å². The average molecular weight is 387 g/mol. The number of nitrogens with one attached hydrogen (secondary N) is 1. The molecule has 6 heteroatoms. The third-order valence-electron chi connectivity index (χ3n) is 5.06. The number of amides is 1. The summed E-state index contributed by atoms with van der Waals surface area (Å²) >= 11 is 0. The first-order valence-electron chi connectivity index (χ1n) is 9.29. The van der Waals surface area contributed by atoms with Crippen molar-refractivity contribution in [1.29, 1.82) is 0 Å². The van der Waals surface area contributed by atoms with Crippen molar-refractivity contribution in [3.05, 3.63) is 59.2 Å². The summed E-state index contributed by atoms with van der Waals surface area (Å²) in [6, 6.07) is 12.3. The zero-order valence-electron chi connectivity index (χ0n) is 16.0. The molecular weight excluding hydrogens is 360 g/mol. The van der Waals surface area contributed by atoms with Gasteiger partial charge >= 0.3 is 0 Å². The van der Waals surface area contributed by atoms with Gasteiger partial charge in [0.2, 0.25) is 0 Å². The maximum Gasteiger partial charge on any atom is 0.262 e. The van der Waals surface area contributed by atoms with Crippen molar-refractivity contribution in [3.8, 4) is 0 Å². The van der Waals surface area contributed by atoms with Crippen LogP contribution in [0.3, 0.4) is 0 Å². The number of benzene rings is 2. The molecule has 0 aromatic heterocycles. The van der Waals surface area contributed by atoms with Gasteiger partial charge in [-0.25, -0.2) is 8.42 Å². The molecule has 0 unspecified atom stereocenters. The average Bonchev–Trinajstić information content (AvgIpc) is 2.63. The van der Waals surface area contributed by atoms with Crippen LogP contribution in [0.2, 0.25) is 0 Å². The lowest BCUT2D eigenvalue weighted by Crippen LogP contribution is -2.42. The number of carbonyl (C=O) groups is 1. The zero-order chi connectivity index (χ0) is 19.6.